The number of carbonyl (C=O) groups excluding carboxylic acids is 1. The number of ketones is 1. The highest BCUT2D eigenvalue weighted by molar-refractivity contribution is 6.23. The van der Waals surface area contributed by atoms with Gasteiger partial charge >= 0.3 is 0 Å². The van der Waals surface area contributed by atoms with Gasteiger partial charge in [-0.25, -0.2) is 9.97 Å². The van der Waals surface area contributed by atoms with Gasteiger partial charge < -0.3 is 0 Å². The second kappa shape index (κ2) is 6.46. The SMILES string of the molecule is O=C(c1ccccc1)c1ccc2nc3c4ccccc4c4ccccc4c3nc2c1. The van der Waals surface area contributed by atoms with E-state index in [2.05, 4.69) is 30.3 Å². The fourth-order valence-corrected chi connectivity index (χ4v) is 4.18. The minimum Gasteiger partial charge on any atom is -0.289 e. The van der Waals surface area contributed by atoms with E-state index in [9.17, 15) is 4.79 Å². The van der Waals surface area contributed by atoms with Crippen LogP contribution in [0.25, 0.3) is 43.6 Å². The van der Waals surface area contributed by atoms with Gasteiger partial charge in [0.05, 0.1) is 22.1 Å². The fourth-order valence-electron chi connectivity index (χ4n) is 4.18. The molecule has 3 heteroatoms. The summed E-state index contributed by atoms with van der Waals surface area (Å²) >= 11 is 0. The number of nitrogens with zero attached hydrogens (tertiary/aromatic N) is 2. The first-order valence-electron chi connectivity index (χ1n) is 9.90. The Bertz CT molecular complexity index is 1600. The van der Waals surface area contributed by atoms with Crippen molar-refractivity contribution < 1.29 is 4.79 Å². The maximum Gasteiger partial charge on any atom is 0.193 e. The molecular formula is C27H16N2O. The molecule has 6 rings (SSSR count). The predicted molar refractivity (Wildman–Crippen MR) is 122 cm³/mol. The van der Waals surface area contributed by atoms with E-state index in [1.54, 1.807) is 0 Å². The lowest BCUT2D eigenvalue weighted by Crippen LogP contribution is -2.01. The van der Waals surface area contributed by atoms with Crippen molar-refractivity contribution >= 4 is 49.4 Å². The Morgan fingerprint density at radius 1 is 0.500 bits per heavy atom. The van der Waals surface area contributed by atoms with Gasteiger partial charge in [0.2, 0.25) is 0 Å². The molecule has 0 aliphatic rings. The second-order valence-electron chi connectivity index (χ2n) is 7.41. The highest BCUT2D eigenvalue weighted by Gasteiger charge is 2.14. The summed E-state index contributed by atoms with van der Waals surface area (Å²) in [5.41, 5.74) is 4.55. The van der Waals surface area contributed by atoms with Gasteiger partial charge in [0, 0.05) is 21.9 Å². The van der Waals surface area contributed by atoms with Crippen molar-refractivity contribution in [2.75, 3.05) is 0 Å². The van der Waals surface area contributed by atoms with E-state index in [4.69, 9.17) is 9.97 Å². The number of hydrogen-bond donors (Lipinski definition) is 0. The van der Waals surface area contributed by atoms with Gasteiger partial charge in [-0.2, -0.15) is 0 Å². The smallest absolute Gasteiger partial charge is 0.193 e. The van der Waals surface area contributed by atoms with Crippen LogP contribution in [0.1, 0.15) is 15.9 Å². The molecule has 3 nitrogen and oxygen atoms in total. The van der Waals surface area contributed by atoms with E-state index in [-0.39, 0.29) is 5.78 Å². The van der Waals surface area contributed by atoms with Crippen molar-refractivity contribution in [2.45, 2.75) is 0 Å². The van der Waals surface area contributed by atoms with Crippen molar-refractivity contribution in [1.82, 2.24) is 9.97 Å². The van der Waals surface area contributed by atoms with Gasteiger partial charge in [0.25, 0.3) is 0 Å². The van der Waals surface area contributed by atoms with Crippen LogP contribution >= 0.6 is 0 Å². The van der Waals surface area contributed by atoms with Crippen molar-refractivity contribution in [3.63, 3.8) is 0 Å². The molecule has 0 N–H and O–H groups in total. The summed E-state index contributed by atoms with van der Waals surface area (Å²) in [4.78, 5) is 22.8. The molecule has 0 aliphatic heterocycles. The van der Waals surface area contributed by atoms with Crippen LogP contribution in [-0.4, -0.2) is 15.8 Å². The summed E-state index contributed by atoms with van der Waals surface area (Å²) < 4.78 is 0. The molecule has 140 valence electrons. The molecule has 0 spiro atoms. The molecule has 0 bridgehead atoms. The van der Waals surface area contributed by atoms with Crippen LogP contribution in [0.5, 0.6) is 0 Å². The topological polar surface area (TPSA) is 42.9 Å². The van der Waals surface area contributed by atoms with Crippen LogP contribution in [0, 0.1) is 0 Å². The summed E-state index contributed by atoms with van der Waals surface area (Å²) in [6.45, 7) is 0. The number of rotatable bonds is 2. The minimum atomic E-state index is -0.0113. The Morgan fingerprint density at radius 3 is 1.67 bits per heavy atom. The second-order valence-corrected chi connectivity index (χ2v) is 7.41. The fraction of sp³-hybridized carbons (Fsp3) is 0. The van der Waals surface area contributed by atoms with Gasteiger partial charge in [-0.3, -0.25) is 4.79 Å². The zero-order valence-electron chi connectivity index (χ0n) is 16.0. The summed E-state index contributed by atoms with van der Waals surface area (Å²) in [7, 11) is 0. The van der Waals surface area contributed by atoms with Crippen molar-refractivity contribution in [1.29, 1.82) is 0 Å². The molecular weight excluding hydrogens is 368 g/mol. The van der Waals surface area contributed by atoms with Gasteiger partial charge in [0.15, 0.2) is 5.78 Å². The van der Waals surface area contributed by atoms with E-state index >= 15 is 0 Å². The maximum atomic E-state index is 12.9. The first-order chi connectivity index (χ1) is 14.8. The molecule has 0 amide bonds. The van der Waals surface area contributed by atoms with E-state index in [0.717, 1.165) is 38.2 Å². The lowest BCUT2D eigenvalue weighted by atomic mass is 9.99. The molecule has 5 aromatic carbocycles. The molecule has 0 atom stereocenters. The Labute approximate surface area is 172 Å². The Morgan fingerprint density at radius 2 is 1.03 bits per heavy atom. The quantitative estimate of drug-likeness (QED) is 0.199. The van der Waals surface area contributed by atoms with Crippen LogP contribution in [0.3, 0.4) is 0 Å². The van der Waals surface area contributed by atoms with Crippen molar-refractivity contribution in [3.8, 4) is 0 Å². The predicted octanol–water partition coefficient (Wildman–Crippen LogP) is 6.32. The first kappa shape index (κ1) is 16.8. The normalized spacial score (nSPS) is 11.5. The van der Waals surface area contributed by atoms with Crippen LogP contribution in [0.15, 0.2) is 97.1 Å². The van der Waals surface area contributed by atoms with Crippen LogP contribution < -0.4 is 0 Å². The lowest BCUT2D eigenvalue weighted by molar-refractivity contribution is 0.103. The lowest BCUT2D eigenvalue weighted by Gasteiger charge is -2.10. The standard InChI is InChI=1S/C27H16N2O/c30-27(17-8-2-1-3-9-17)18-14-15-23-24(16-18)29-26-22-13-7-5-11-20(22)19-10-4-6-12-21(19)25(26)28-23/h1-16H. The van der Waals surface area contributed by atoms with E-state index < -0.39 is 0 Å². The summed E-state index contributed by atoms with van der Waals surface area (Å²) in [6, 6.07) is 31.5. The number of fused-ring (bicyclic) bond motifs is 7. The van der Waals surface area contributed by atoms with Gasteiger partial charge in [0.1, 0.15) is 0 Å². The molecule has 1 heterocycles. The van der Waals surface area contributed by atoms with Crippen molar-refractivity contribution in [3.05, 3.63) is 108 Å². The number of carbonyl (C=O) groups is 1. The van der Waals surface area contributed by atoms with E-state index in [0.29, 0.717) is 11.1 Å². The van der Waals surface area contributed by atoms with Crippen LogP contribution in [0.2, 0.25) is 0 Å². The zero-order chi connectivity index (χ0) is 20.1. The highest BCUT2D eigenvalue weighted by Crippen LogP contribution is 2.34. The Balaban J connectivity index is 1.67. The molecule has 0 radical (unpaired) electrons. The average molecular weight is 384 g/mol. The molecule has 0 saturated heterocycles. The molecule has 0 saturated carbocycles. The maximum absolute atomic E-state index is 12.9. The molecule has 0 aliphatic carbocycles. The van der Waals surface area contributed by atoms with Crippen LogP contribution in [-0.2, 0) is 0 Å². The Kier molecular flexibility index (Phi) is 3.62. The minimum absolute atomic E-state index is 0.0113. The summed E-state index contributed by atoms with van der Waals surface area (Å²) in [6.07, 6.45) is 0. The van der Waals surface area contributed by atoms with Crippen molar-refractivity contribution in [2.24, 2.45) is 0 Å². The number of hydrogen-bond acceptors (Lipinski definition) is 3. The third-order valence-corrected chi connectivity index (χ3v) is 5.62. The monoisotopic (exact) mass is 384 g/mol. The Hall–Kier alpha value is -4.11. The number of benzene rings is 5. The number of aromatic nitrogens is 2. The molecule has 30 heavy (non-hydrogen) atoms. The third kappa shape index (κ3) is 2.49. The molecule has 0 fully saturated rings. The first-order valence-corrected chi connectivity index (χ1v) is 9.90. The van der Waals surface area contributed by atoms with Crippen LogP contribution in [0.4, 0.5) is 0 Å². The molecule has 1 aromatic heterocycles. The van der Waals surface area contributed by atoms with Gasteiger partial charge in [-0.1, -0.05) is 78.9 Å². The van der Waals surface area contributed by atoms with E-state index in [1.807, 2.05) is 66.7 Å². The molecule has 6 aromatic rings. The van der Waals surface area contributed by atoms with Gasteiger partial charge in [-0.15, -0.1) is 0 Å². The largest absolute Gasteiger partial charge is 0.289 e. The summed E-state index contributed by atoms with van der Waals surface area (Å²) in [5.74, 6) is -0.0113. The van der Waals surface area contributed by atoms with E-state index in [1.165, 1.54) is 5.39 Å². The zero-order valence-corrected chi connectivity index (χ0v) is 16.0. The highest BCUT2D eigenvalue weighted by atomic mass is 16.1. The third-order valence-electron chi connectivity index (χ3n) is 5.62. The average Bonchev–Trinajstić information content (AvgIpc) is 2.83. The molecule has 0 unspecified atom stereocenters. The summed E-state index contributed by atoms with van der Waals surface area (Å²) in [5, 5.41) is 4.49. The van der Waals surface area contributed by atoms with Gasteiger partial charge in [-0.05, 0) is 29.0 Å².